The van der Waals surface area contributed by atoms with Crippen LogP contribution in [0.1, 0.15) is 26.2 Å². The monoisotopic (exact) mass is 216 g/mol. The fourth-order valence-electron chi connectivity index (χ4n) is 0.752. The zero-order valence-corrected chi connectivity index (χ0v) is 9.40. The van der Waals surface area contributed by atoms with Crippen LogP contribution in [0, 0.1) is 23.7 Å². The maximum absolute atomic E-state index is 9.05. The molecule has 0 aliphatic carbocycles. The zero-order valence-electron chi connectivity index (χ0n) is 9.40. The topological polar surface area (TPSA) is 40.5 Å². The van der Waals surface area contributed by atoms with Gasteiger partial charge in [-0.3, -0.25) is 0 Å². The molecule has 16 heavy (non-hydrogen) atoms. The third kappa shape index (κ3) is 10.0. The Morgan fingerprint density at radius 2 is 2.00 bits per heavy atom. The van der Waals surface area contributed by atoms with Crippen molar-refractivity contribution in [1.29, 1.82) is 0 Å². The first-order valence-electron chi connectivity index (χ1n) is 5.13. The first kappa shape index (κ1) is 13.9. The van der Waals surface area contributed by atoms with Gasteiger partial charge in [0.25, 0.3) is 0 Å². The minimum Gasteiger partial charge on any atom is -0.515 e. The molecule has 0 fully saturated rings. The molecule has 0 rings (SSSR count). The smallest absolute Gasteiger partial charge is 0.118 e. The highest BCUT2D eigenvalue weighted by Crippen LogP contribution is 1.91. The molecule has 0 aromatic heterocycles. The van der Waals surface area contributed by atoms with E-state index in [4.69, 9.17) is 10.2 Å². The molecule has 0 atom stereocenters. The molecular formula is C14H16O2. The molecule has 0 bridgehead atoms. The van der Waals surface area contributed by atoms with Crippen molar-refractivity contribution in [3.63, 3.8) is 0 Å². The van der Waals surface area contributed by atoms with E-state index in [1.807, 2.05) is 0 Å². The Balaban J connectivity index is 3.86. The van der Waals surface area contributed by atoms with Crippen molar-refractivity contribution < 1.29 is 10.2 Å². The molecule has 0 radical (unpaired) electrons. The molecule has 0 unspecified atom stereocenters. The van der Waals surface area contributed by atoms with Gasteiger partial charge in [0.2, 0.25) is 0 Å². The molecule has 2 N–H and O–H groups in total. The second-order valence-corrected chi connectivity index (χ2v) is 2.89. The summed E-state index contributed by atoms with van der Waals surface area (Å²) in [4.78, 5) is 0. The van der Waals surface area contributed by atoms with Gasteiger partial charge in [-0.25, -0.2) is 0 Å². The summed E-state index contributed by atoms with van der Waals surface area (Å²) in [5, 5.41) is 17.4. The normalized spacial score (nSPS) is 10.9. The summed E-state index contributed by atoms with van der Waals surface area (Å²) < 4.78 is 0. The molecule has 0 aromatic carbocycles. The quantitative estimate of drug-likeness (QED) is 0.430. The van der Waals surface area contributed by atoms with Gasteiger partial charge < -0.3 is 10.2 Å². The molecule has 84 valence electrons. The van der Waals surface area contributed by atoms with Crippen LogP contribution in [0.25, 0.3) is 0 Å². The zero-order chi connectivity index (χ0) is 12.1. The van der Waals surface area contributed by atoms with E-state index in [2.05, 4.69) is 30.6 Å². The highest BCUT2D eigenvalue weighted by atomic mass is 16.3. The predicted molar refractivity (Wildman–Crippen MR) is 66.7 cm³/mol. The lowest BCUT2D eigenvalue weighted by Gasteiger charge is -1.84. The van der Waals surface area contributed by atoms with E-state index in [1.54, 1.807) is 12.2 Å². The van der Waals surface area contributed by atoms with Crippen molar-refractivity contribution in [3.8, 4) is 23.7 Å². The Bertz CT molecular complexity index is 378. The molecule has 0 heterocycles. The Morgan fingerprint density at radius 3 is 2.69 bits per heavy atom. The lowest BCUT2D eigenvalue weighted by atomic mass is 10.3. The molecule has 0 amide bonds. The SMILES string of the molecule is CCCC#CC#CCC=CC=C(O)C=CO. The van der Waals surface area contributed by atoms with Crippen LogP contribution in [0.5, 0.6) is 0 Å². The number of aliphatic hydroxyl groups excluding tert-OH is 2. The van der Waals surface area contributed by atoms with E-state index in [1.165, 1.54) is 12.2 Å². The fraction of sp³-hybridized carbons (Fsp3) is 0.286. The lowest BCUT2D eigenvalue weighted by molar-refractivity contribution is 0.420. The number of aliphatic hydroxyl groups is 2. The molecule has 2 heteroatoms. The van der Waals surface area contributed by atoms with Gasteiger partial charge in [0.15, 0.2) is 0 Å². The third-order valence-corrected chi connectivity index (χ3v) is 1.48. The van der Waals surface area contributed by atoms with Gasteiger partial charge in [-0.2, -0.15) is 0 Å². The van der Waals surface area contributed by atoms with Crippen molar-refractivity contribution in [3.05, 3.63) is 36.3 Å². The average Bonchev–Trinajstić information content (AvgIpc) is 2.27. The Labute approximate surface area is 97.0 Å². The van der Waals surface area contributed by atoms with E-state index in [0.717, 1.165) is 19.1 Å². The molecular weight excluding hydrogens is 200 g/mol. The molecule has 0 aliphatic rings. The van der Waals surface area contributed by atoms with Gasteiger partial charge in [-0.1, -0.05) is 30.9 Å². The number of rotatable bonds is 4. The summed E-state index contributed by atoms with van der Waals surface area (Å²) in [5.41, 5.74) is 0. The maximum atomic E-state index is 9.05. The standard InChI is InChI=1S/C14H16O2/c1-2-3-4-5-6-7-8-9-10-11-14(16)12-13-15/h9-13,15-16H,2-3,8H2,1H3. The number of allylic oxidation sites excluding steroid dienone is 4. The Kier molecular flexibility index (Phi) is 9.60. The van der Waals surface area contributed by atoms with Crippen molar-refractivity contribution in [1.82, 2.24) is 0 Å². The Hall–Kier alpha value is -2.06. The van der Waals surface area contributed by atoms with Crippen molar-refractivity contribution in [2.45, 2.75) is 26.2 Å². The lowest BCUT2D eigenvalue weighted by Crippen LogP contribution is -1.70. The number of hydrogen-bond donors (Lipinski definition) is 2. The van der Waals surface area contributed by atoms with Crippen LogP contribution in [0.2, 0.25) is 0 Å². The number of unbranched alkanes of at least 4 members (excludes halogenated alkanes) is 1. The van der Waals surface area contributed by atoms with E-state index in [-0.39, 0.29) is 5.76 Å². The molecule has 0 aromatic rings. The maximum Gasteiger partial charge on any atom is 0.118 e. The summed E-state index contributed by atoms with van der Waals surface area (Å²) in [6, 6.07) is 0. The molecule has 0 saturated heterocycles. The van der Waals surface area contributed by atoms with Gasteiger partial charge in [0.05, 0.1) is 6.26 Å². The summed E-state index contributed by atoms with van der Waals surface area (Å²) in [6.45, 7) is 2.07. The van der Waals surface area contributed by atoms with Gasteiger partial charge in [0.1, 0.15) is 5.76 Å². The summed E-state index contributed by atoms with van der Waals surface area (Å²) in [6.07, 6.45) is 9.44. The van der Waals surface area contributed by atoms with E-state index in [0.29, 0.717) is 6.42 Å². The minimum absolute atomic E-state index is 0.00514. The molecule has 0 aliphatic heterocycles. The minimum atomic E-state index is -0.00514. The largest absolute Gasteiger partial charge is 0.515 e. The van der Waals surface area contributed by atoms with Gasteiger partial charge in [0, 0.05) is 18.9 Å². The highest BCUT2D eigenvalue weighted by Gasteiger charge is 1.78. The van der Waals surface area contributed by atoms with Crippen molar-refractivity contribution in [2.75, 3.05) is 0 Å². The van der Waals surface area contributed by atoms with Gasteiger partial charge in [-0.15, -0.1) is 0 Å². The first-order valence-corrected chi connectivity index (χ1v) is 5.13. The number of hydrogen-bond acceptors (Lipinski definition) is 2. The predicted octanol–water partition coefficient (Wildman–Crippen LogP) is 3.25. The first-order chi connectivity index (χ1) is 7.81. The second kappa shape index (κ2) is 11.0. The highest BCUT2D eigenvalue weighted by molar-refractivity contribution is 5.27. The van der Waals surface area contributed by atoms with Crippen LogP contribution in [-0.4, -0.2) is 10.2 Å². The van der Waals surface area contributed by atoms with Crippen molar-refractivity contribution >= 4 is 0 Å². The van der Waals surface area contributed by atoms with Crippen LogP contribution in [0.15, 0.2) is 36.3 Å². The second-order valence-electron chi connectivity index (χ2n) is 2.89. The van der Waals surface area contributed by atoms with Gasteiger partial charge >= 0.3 is 0 Å². The summed E-state index contributed by atoms with van der Waals surface area (Å²) >= 11 is 0. The Morgan fingerprint density at radius 1 is 1.25 bits per heavy atom. The van der Waals surface area contributed by atoms with Crippen LogP contribution in [0.3, 0.4) is 0 Å². The van der Waals surface area contributed by atoms with E-state index >= 15 is 0 Å². The van der Waals surface area contributed by atoms with Crippen LogP contribution in [-0.2, 0) is 0 Å². The summed E-state index contributed by atoms with van der Waals surface area (Å²) in [7, 11) is 0. The summed E-state index contributed by atoms with van der Waals surface area (Å²) in [5.74, 6) is 11.3. The molecule has 0 spiro atoms. The molecule has 2 nitrogen and oxygen atoms in total. The third-order valence-electron chi connectivity index (χ3n) is 1.48. The van der Waals surface area contributed by atoms with E-state index in [9.17, 15) is 0 Å². The average molecular weight is 216 g/mol. The molecule has 0 saturated carbocycles. The van der Waals surface area contributed by atoms with Gasteiger partial charge in [-0.05, 0) is 24.3 Å². The van der Waals surface area contributed by atoms with Crippen LogP contribution < -0.4 is 0 Å². The van der Waals surface area contributed by atoms with Crippen LogP contribution in [0.4, 0.5) is 0 Å². The van der Waals surface area contributed by atoms with Crippen LogP contribution >= 0.6 is 0 Å². The van der Waals surface area contributed by atoms with Crippen molar-refractivity contribution in [2.24, 2.45) is 0 Å². The van der Waals surface area contributed by atoms with E-state index < -0.39 is 0 Å². The fourth-order valence-corrected chi connectivity index (χ4v) is 0.752.